The predicted molar refractivity (Wildman–Crippen MR) is 85.9 cm³/mol. The number of benzene rings is 1. The lowest BCUT2D eigenvalue weighted by atomic mass is 10.0. The first-order valence-electron chi connectivity index (χ1n) is 8.03. The van der Waals surface area contributed by atoms with Crippen LogP contribution >= 0.6 is 0 Å². The van der Waals surface area contributed by atoms with E-state index in [4.69, 9.17) is 23.7 Å². The van der Waals surface area contributed by atoms with Gasteiger partial charge in [0.2, 0.25) is 18.3 Å². The summed E-state index contributed by atoms with van der Waals surface area (Å²) in [5, 5.41) is 3.22. The SMILES string of the molecule is COc1c(C[C@H]2C[C@H](NC(C)C)C(=O)O2)cc2c(c1OC)OCO2. The summed E-state index contributed by atoms with van der Waals surface area (Å²) < 4.78 is 27.3. The van der Waals surface area contributed by atoms with E-state index < -0.39 is 0 Å². The van der Waals surface area contributed by atoms with Gasteiger partial charge in [0.05, 0.1) is 14.2 Å². The van der Waals surface area contributed by atoms with Crippen LogP contribution in [-0.4, -0.2) is 45.2 Å². The second kappa shape index (κ2) is 6.76. The smallest absolute Gasteiger partial charge is 0.323 e. The van der Waals surface area contributed by atoms with Crippen molar-refractivity contribution in [3.63, 3.8) is 0 Å². The van der Waals surface area contributed by atoms with Crippen molar-refractivity contribution in [1.29, 1.82) is 0 Å². The molecule has 0 unspecified atom stereocenters. The van der Waals surface area contributed by atoms with Crippen molar-refractivity contribution in [1.82, 2.24) is 5.32 Å². The van der Waals surface area contributed by atoms with Crippen LogP contribution in [0.2, 0.25) is 0 Å². The normalized spacial score (nSPS) is 22.0. The third-order valence-corrected chi connectivity index (χ3v) is 4.11. The van der Waals surface area contributed by atoms with E-state index in [-0.39, 0.29) is 30.9 Å². The molecule has 2 atom stereocenters. The maximum absolute atomic E-state index is 12.0. The standard InChI is InChI=1S/C17H23NO6/c1-9(2)18-12-7-11(24-17(12)19)5-10-6-13-15(23-8-22-13)16(21-4)14(10)20-3/h6,9,11-12,18H,5,7-8H2,1-4H3/t11-,12-/m0/s1. The van der Waals surface area contributed by atoms with Gasteiger partial charge in [-0.05, 0) is 6.07 Å². The number of ether oxygens (including phenoxy) is 5. The summed E-state index contributed by atoms with van der Waals surface area (Å²) in [7, 11) is 3.13. The summed E-state index contributed by atoms with van der Waals surface area (Å²) in [6.45, 7) is 4.16. The quantitative estimate of drug-likeness (QED) is 0.791. The fraction of sp³-hybridized carbons (Fsp3) is 0.588. The minimum Gasteiger partial charge on any atom is -0.492 e. The van der Waals surface area contributed by atoms with Gasteiger partial charge in [-0.3, -0.25) is 4.79 Å². The van der Waals surface area contributed by atoms with Gasteiger partial charge in [0.15, 0.2) is 11.5 Å². The fourth-order valence-corrected chi connectivity index (χ4v) is 3.17. The zero-order valence-corrected chi connectivity index (χ0v) is 14.4. The molecule has 132 valence electrons. The highest BCUT2D eigenvalue weighted by Crippen LogP contribution is 2.49. The second-order valence-electron chi connectivity index (χ2n) is 6.21. The molecule has 0 bridgehead atoms. The van der Waals surface area contributed by atoms with Crippen molar-refractivity contribution in [2.24, 2.45) is 0 Å². The zero-order chi connectivity index (χ0) is 17.3. The van der Waals surface area contributed by atoms with Gasteiger partial charge in [0.25, 0.3) is 0 Å². The summed E-state index contributed by atoms with van der Waals surface area (Å²) in [6, 6.07) is 1.82. The summed E-state index contributed by atoms with van der Waals surface area (Å²) in [5.74, 6) is 2.03. The van der Waals surface area contributed by atoms with E-state index in [1.165, 1.54) is 0 Å². The van der Waals surface area contributed by atoms with Crippen molar-refractivity contribution in [2.45, 2.75) is 44.9 Å². The molecule has 7 nitrogen and oxygen atoms in total. The molecule has 3 rings (SSSR count). The first kappa shape index (κ1) is 16.7. The number of esters is 1. The molecule has 2 aliphatic heterocycles. The Hall–Kier alpha value is -2.15. The van der Waals surface area contributed by atoms with Gasteiger partial charge in [-0.2, -0.15) is 0 Å². The van der Waals surface area contributed by atoms with Crippen LogP contribution in [0, 0.1) is 0 Å². The minimum absolute atomic E-state index is 0.150. The summed E-state index contributed by atoms with van der Waals surface area (Å²) >= 11 is 0. The Morgan fingerprint density at radius 1 is 1.25 bits per heavy atom. The third-order valence-electron chi connectivity index (χ3n) is 4.11. The number of rotatable bonds is 6. The van der Waals surface area contributed by atoms with Crippen LogP contribution in [0.3, 0.4) is 0 Å². The predicted octanol–water partition coefficient (Wildman–Crippen LogP) is 1.66. The number of nitrogens with one attached hydrogen (secondary N) is 1. The molecule has 0 saturated carbocycles. The van der Waals surface area contributed by atoms with E-state index in [0.717, 1.165) is 5.56 Å². The Kier molecular flexibility index (Phi) is 4.71. The molecule has 0 aromatic heterocycles. The van der Waals surface area contributed by atoms with Crippen molar-refractivity contribution >= 4 is 5.97 Å². The fourth-order valence-electron chi connectivity index (χ4n) is 3.17. The lowest BCUT2D eigenvalue weighted by molar-refractivity contribution is -0.143. The molecule has 2 heterocycles. The molecule has 0 amide bonds. The molecule has 1 fully saturated rings. The van der Waals surface area contributed by atoms with Gasteiger partial charge < -0.3 is 29.0 Å². The number of carbonyl (C=O) groups excluding carboxylic acids is 1. The molecule has 0 radical (unpaired) electrons. The summed E-state index contributed by atoms with van der Waals surface area (Å²) in [5.41, 5.74) is 0.863. The number of cyclic esters (lactones) is 1. The number of hydrogen-bond acceptors (Lipinski definition) is 7. The first-order valence-corrected chi connectivity index (χ1v) is 8.03. The van der Waals surface area contributed by atoms with Crippen LogP contribution < -0.4 is 24.3 Å². The molecule has 0 aliphatic carbocycles. The number of fused-ring (bicyclic) bond motifs is 1. The monoisotopic (exact) mass is 337 g/mol. The molecule has 1 saturated heterocycles. The van der Waals surface area contributed by atoms with Crippen LogP contribution in [0.1, 0.15) is 25.8 Å². The van der Waals surface area contributed by atoms with Crippen molar-refractivity contribution in [3.05, 3.63) is 11.6 Å². The second-order valence-corrected chi connectivity index (χ2v) is 6.21. The zero-order valence-electron chi connectivity index (χ0n) is 14.4. The Morgan fingerprint density at radius 2 is 2.00 bits per heavy atom. The molecule has 1 aromatic rings. The lowest BCUT2D eigenvalue weighted by Gasteiger charge is -2.17. The average molecular weight is 337 g/mol. The van der Waals surface area contributed by atoms with Crippen LogP contribution in [0.5, 0.6) is 23.0 Å². The minimum atomic E-state index is -0.267. The van der Waals surface area contributed by atoms with Crippen LogP contribution in [0.15, 0.2) is 6.07 Å². The molecule has 24 heavy (non-hydrogen) atoms. The number of hydrogen-bond donors (Lipinski definition) is 1. The van der Waals surface area contributed by atoms with Gasteiger partial charge in [0.1, 0.15) is 12.1 Å². The molecule has 7 heteroatoms. The van der Waals surface area contributed by atoms with Gasteiger partial charge in [0, 0.05) is 24.4 Å². The Labute approximate surface area is 141 Å². The Morgan fingerprint density at radius 3 is 2.67 bits per heavy atom. The van der Waals surface area contributed by atoms with Gasteiger partial charge in [-0.1, -0.05) is 13.8 Å². The van der Waals surface area contributed by atoms with Crippen molar-refractivity contribution in [2.75, 3.05) is 21.0 Å². The van der Waals surface area contributed by atoms with Gasteiger partial charge >= 0.3 is 5.97 Å². The van der Waals surface area contributed by atoms with Crippen LogP contribution in [0.4, 0.5) is 0 Å². The highest BCUT2D eigenvalue weighted by atomic mass is 16.7. The van der Waals surface area contributed by atoms with Crippen molar-refractivity contribution in [3.8, 4) is 23.0 Å². The van der Waals surface area contributed by atoms with E-state index in [1.807, 2.05) is 19.9 Å². The molecular weight excluding hydrogens is 314 g/mol. The average Bonchev–Trinajstić information content (AvgIpc) is 3.12. The topological polar surface area (TPSA) is 75.3 Å². The van der Waals surface area contributed by atoms with Crippen molar-refractivity contribution < 1.29 is 28.5 Å². The molecule has 1 aromatic carbocycles. The lowest BCUT2D eigenvalue weighted by Crippen LogP contribution is -2.37. The number of methoxy groups -OCH3 is 2. The van der Waals surface area contributed by atoms with E-state index in [9.17, 15) is 4.79 Å². The molecular formula is C17H23NO6. The third kappa shape index (κ3) is 3.08. The van der Waals surface area contributed by atoms with E-state index in [1.54, 1.807) is 14.2 Å². The maximum atomic E-state index is 12.0. The van der Waals surface area contributed by atoms with Crippen LogP contribution in [-0.2, 0) is 16.0 Å². The first-order chi connectivity index (χ1) is 11.5. The Balaban J connectivity index is 1.82. The highest BCUT2D eigenvalue weighted by molar-refractivity contribution is 5.78. The van der Waals surface area contributed by atoms with E-state index in [0.29, 0.717) is 35.8 Å². The van der Waals surface area contributed by atoms with E-state index in [2.05, 4.69) is 5.32 Å². The summed E-state index contributed by atoms with van der Waals surface area (Å²) in [4.78, 5) is 12.0. The Bertz CT molecular complexity index is 630. The number of carbonyl (C=O) groups is 1. The van der Waals surface area contributed by atoms with Gasteiger partial charge in [-0.25, -0.2) is 0 Å². The summed E-state index contributed by atoms with van der Waals surface area (Å²) in [6.07, 6.45) is 0.933. The molecule has 2 aliphatic rings. The highest BCUT2D eigenvalue weighted by Gasteiger charge is 2.36. The largest absolute Gasteiger partial charge is 0.492 e. The van der Waals surface area contributed by atoms with E-state index >= 15 is 0 Å². The van der Waals surface area contributed by atoms with Gasteiger partial charge in [-0.15, -0.1) is 0 Å². The maximum Gasteiger partial charge on any atom is 0.323 e. The molecule has 0 spiro atoms. The van der Waals surface area contributed by atoms with Crippen LogP contribution in [0.25, 0.3) is 0 Å². The molecule has 1 N–H and O–H groups in total.